The standard InChI is InChI=1S/C21H26N2O3/c1-3-5-15-6-11-19-17(13-15)14-22-20(23-19)16-7-9-18(10-8-16)26-21(24)25-12-4-2/h7-10,14-15H,3-6,11-13H2,1-2H3. The Morgan fingerprint density at radius 3 is 2.73 bits per heavy atom. The molecule has 1 heterocycles. The summed E-state index contributed by atoms with van der Waals surface area (Å²) in [6, 6.07) is 7.21. The Labute approximate surface area is 154 Å². The molecule has 0 amide bonds. The van der Waals surface area contributed by atoms with Gasteiger partial charge in [0.1, 0.15) is 5.75 Å². The van der Waals surface area contributed by atoms with E-state index in [9.17, 15) is 4.79 Å². The average Bonchev–Trinajstić information content (AvgIpc) is 2.67. The molecule has 1 unspecified atom stereocenters. The second-order valence-corrected chi connectivity index (χ2v) is 6.79. The van der Waals surface area contributed by atoms with Crippen LogP contribution in [-0.4, -0.2) is 22.7 Å². The minimum Gasteiger partial charge on any atom is -0.434 e. The molecule has 0 bridgehead atoms. The molecule has 26 heavy (non-hydrogen) atoms. The minimum absolute atomic E-state index is 0.360. The predicted molar refractivity (Wildman–Crippen MR) is 100 cm³/mol. The highest BCUT2D eigenvalue weighted by atomic mass is 16.7. The summed E-state index contributed by atoms with van der Waals surface area (Å²) < 4.78 is 10.0. The fraction of sp³-hybridized carbons (Fsp3) is 0.476. The highest BCUT2D eigenvalue weighted by molar-refractivity contribution is 5.65. The number of ether oxygens (including phenoxy) is 2. The Morgan fingerprint density at radius 2 is 2.00 bits per heavy atom. The molecule has 2 aromatic rings. The van der Waals surface area contributed by atoms with E-state index in [0.717, 1.165) is 36.6 Å². The summed E-state index contributed by atoms with van der Waals surface area (Å²) >= 11 is 0. The van der Waals surface area contributed by atoms with E-state index in [-0.39, 0.29) is 0 Å². The Bertz CT molecular complexity index is 743. The van der Waals surface area contributed by atoms with Gasteiger partial charge in [0, 0.05) is 17.5 Å². The number of hydrogen-bond donors (Lipinski definition) is 0. The van der Waals surface area contributed by atoms with Crippen molar-refractivity contribution in [1.29, 1.82) is 0 Å². The molecular formula is C21H26N2O3. The van der Waals surface area contributed by atoms with Crippen LogP contribution in [0.4, 0.5) is 4.79 Å². The molecule has 0 saturated heterocycles. The van der Waals surface area contributed by atoms with Crippen molar-refractivity contribution in [3.8, 4) is 17.1 Å². The molecule has 5 heteroatoms. The molecular weight excluding hydrogens is 328 g/mol. The van der Waals surface area contributed by atoms with Crippen LogP contribution in [0.1, 0.15) is 50.8 Å². The van der Waals surface area contributed by atoms with Crippen LogP contribution in [-0.2, 0) is 17.6 Å². The molecule has 0 saturated carbocycles. The van der Waals surface area contributed by atoms with E-state index in [0.29, 0.717) is 12.4 Å². The van der Waals surface area contributed by atoms with Crippen molar-refractivity contribution in [2.45, 2.75) is 52.4 Å². The number of nitrogens with zero attached hydrogens (tertiary/aromatic N) is 2. The van der Waals surface area contributed by atoms with Gasteiger partial charge in [-0.05, 0) is 61.4 Å². The number of fused-ring (bicyclic) bond motifs is 1. The van der Waals surface area contributed by atoms with Crippen LogP contribution in [0, 0.1) is 5.92 Å². The van der Waals surface area contributed by atoms with Gasteiger partial charge in [-0.3, -0.25) is 0 Å². The molecule has 1 aromatic carbocycles. The summed E-state index contributed by atoms with van der Waals surface area (Å²) in [5.74, 6) is 1.94. The zero-order valence-corrected chi connectivity index (χ0v) is 15.5. The van der Waals surface area contributed by atoms with Crippen molar-refractivity contribution in [3.05, 3.63) is 41.7 Å². The second-order valence-electron chi connectivity index (χ2n) is 6.79. The van der Waals surface area contributed by atoms with Crippen LogP contribution in [0.3, 0.4) is 0 Å². The van der Waals surface area contributed by atoms with E-state index >= 15 is 0 Å². The fourth-order valence-corrected chi connectivity index (χ4v) is 3.36. The Hall–Kier alpha value is -2.43. The second kappa shape index (κ2) is 8.79. The third kappa shape index (κ3) is 4.59. The third-order valence-electron chi connectivity index (χ3n) is 4.69. The number of benzene rings is 1. The third-order valence-corrected chi connectivity index (χ3v) is 4.69. The fourth-order valence-electron chi connectivity index (χ4n) is 3.36. The van der Waals surface area contributed by atoms with Gasteiger partial charge < -0.3 is 9.47 Å². The molecule has 0 radical (unpaired) electrons. The zero-order chi connectivity index (χ0) is 18.4. The summed E-state index contributed by atoms with van der Waals surface area (Å²) in [4.78, 5) is 20.8. The van der Waals surface area contributed by atoms with Crippen molar-refractivity contribution in [2.24, 2.45) is 5.92 Å². The molecule has 1 aliphatic carbocycles. The summed E-state index contributed by atoms with van der Waals surface area (Å²) in [5.41, 5.74) is 3.38. The summed E-state index contributed by atoms with van der Waals surface area (Å²) in [6.07, 6.45) is 7.92. The average molecular weight is 354 g/mol. The number of aromatic nitrogens is 2. The molecule has 1 atom stereocenters. The van der Waals surface area contributed by atoms with Gasteiger partial charge in [0.15, 0.2) is 5.82 Å². The SMILES string of the molecule is CCCOC(=O)Oc1ccc(-c2ncc3c(n2)CCC(CCC)C3)cc1. The highest BCUT2D eigenvalue weighted by Gasteiger charge is 2.20. The Kier molecular flexibility index (Phi) is 6.21. The van der Waals surface area contributed by atoms with Gasteiger partial charge in [-0.15, -0.1) is 0 Å². The van der Waals surface area contributed by atoms with Crippen LogP contribution < -0.4 is 4.74 Å². The van der Waals surface area contributed by atoms with Gasteiger partial charge in [0.05, 0.1) is 6.61 Å². The smallest absolute Gasteiger partial charge is 0.434 e. The van der Waals surface area contributed by atoms with Crippen molar-refractivity contribution in [2.75, 3.05) is 6.61 Å². The van der Waals surface area contributed by atoms with E-state index in [2.05, 4.69) is 11.9 Å². The molecule has 5 nitrogen and oxygen atoms in total. The van der Waals surface area contributed by atoms with Gasteiger partial charge in [-0.2, -0.15) is 0 Å². The Balaban J connectivity index is 1.67. The first kappa shape index (κ1) is 18.4. The van der Waals surface area contributed by atoms with Crippen molar-refractivity contribution in [1.82, 2.24) is 9.97 Å². The Morgan fingerprint density at radius 1 is 1.19 bits per heavy atom. The predicted octanol–water partition coefficient (Wildman–Crippen LogP) is 4.97. The van der Waals surface area contributed by atoms with Gasteiger partial charge in [-0.25, -0.2) is 14.8 Å². The van der Waals surface area contributed by atoms with Crippen LogP contribution in [0.2, 0.25) is 0 Å². The molecule has 1 aromatic heterocycles. The van der Waals surface area contributed by atoms with Crippen LogP contribution >= 0.6 is 0 Å². The van der Waals surface area contributed by atoms with Gasteiger partial charge in [-0.1, -0.05) is 26.7 Å². The van der Waals surface area contributed by atoms with E-state index in [1.807, 2.05) is 25.3 Å². The lowest BCUT2D eigenvalue weighted by Crippen LogP contribution is -2.16. The van der Waals surface area contributed by atoms with Gasteiger partial charge in [0.25, 0.3) is 0 Å². The largest absolute Gasteiger partial charge is 0.513 e. The normalized spacial score (nSPS) is 16.0. The monoisotopic (exact) mass is 354 g/mol. The lowest BCUT2D eigenvalue weighted by atomic mass is 9.84. The van der Waals surface area contributed by atoms with Crippen LogP contribution in [0.5, 0.6) is 5.75 Å². The number of aryl methyl sites for hydroxylation is 1. The zero-order valence-electron chi connectivity index (χ0n) is 15.5. The number of hydrogen-bond acceptors (Lipinski definition) is 5. The highest BCUT2D eigenvalue weighted by Crippen LogP contribution is 2.28. The maximum atomic E-state index is 11.5. The summed E-state index contributed by atoms with van der Waals surface area (Å²) in [5, 5.41) is 0. The first-order valence-corrected chi connectivity index (χ1v) is 9.49. The first-order valence-electron chi connectivity index (χ1n) is 9.49. The summed E-state index contributed by atoms with van der Waals surface area (Å²) in [7, 11) is 0. The molecule has 0 fully saturated rings. The molecule has 0 spiro atoms. The van der Waals surface area contributed by atoms with Crippen molar-refractivity contribution in [3.63, 3.8) is 0 Å². The first-order chi connectivity index (χ1) is 12.7. The van der Waals surface area contributed by atoms with Gasteiger partial charge >= 0.3 is 6.16 Å². The maximum Gasteiger partial charge on any atom is 0.513 e. The minimum atomic E-state index is -0.675. The number of rotatable bonds is 6. The van der Waals surface area contributed by atoms with E-state index in [1.54, 1.807) is 12.1 Å². The quantitative estimate of drug-likeness (QED) is 0.541. The lowest BCUT2D eigenvalue weighted by Gasteiger charge is -2.23. The van der Waals surface area contributed by atoms with E-state index in [4.69, 9.17) is 14.5 Å². The lowest BCUT2D eigenvalue weighted by molar-refractivity contribution is 0.0992. The molecule has 0 aliphatic heterocycles. The maximum absolute atomic E-state index is 11.5. The van der Waals surface area contributed by atoms with Crippen LogP contribution in [0.25, 0.3) is 11.4 Å². The topological polar surface area (TPSA) is 61.3 Å². The molecule has 1 aliphatic rings. The van der Waals surface area contributed by atoms with Crippen LogP contribution in [0.15, 0.2) is 30.5 Å². The van der Waals surface area contributed by atoms with Gasteiger partial charge in [0.2, 0.25) is 0 Å². The van der Waals surface area contributed by atoms with E-state index < -0.39 is 6.16 Å². The molecule has 3 rings (SSSR count). The van der Waals surface area contributed by atoms with Crippen molar-refractivity contribution >= 4 is 6.16 Å². The summed E-state index contributed by atoms with van der Waals surface area (Å²) in [6.45, 7) is 4.54. The van der Waals surface area contributed by atoms with E-state index in [1.165, 1.54) is 30.5 Å². The molecule has 138 valence electrons. The number of carbonyl (C=O) groups excluding carboxylic acids is 1. The molecule has 0 N–H and O–H groups in total. The number of carbonyl (C=O) groups is 1. The van der Waals surface area contributed by atoms with Crippen molar-refractivity contribution < 1.29 is 14.3 Å².